The van der Waals surface area contributed by atoms with Crippen LogP contribution in [0.5, 0.6) is 0 Å². The van der Waals surface area contributed by atoms with Gasteiger partial charge in [-0.3, -0.25) is 9.69 Å². The monoisotopic (exact) mass is 353 g/mol. The molecule has 2 rings (SSSR count). The standard InChI is InChI=1S/C19H35N3O3/c1-15(17(23)22-11-7-5-6-8-12-22)21-13-9-16(10-14-21)20-18(24)25-19(2,3)4/h15-16H,5-14H2,1-4H3,(H,20,24). The Morgan fingerprint density at radius 1 is 1.00 bits per heavy atom. The molecule has 2 aliphatic heterocycles. The Hall–Kier alpha value is -1.30. The molecule has 6 nitrogen and oxygen atoms in total. The molecule has 0 aromatic carbocycles. The summed E-state index contributed by atoms with van der Waals surface area (Å²) in [5.74, 6) is 0.264. The van der Waals surface area contributed by atoms with Crippen molar-refractivity contribution in [1.82, 2.24) is 15.1 Å². The van der Waals surface area contributed by atoms with Crippen LogP contribution in [0.3, 0.4) is 0 Å². The summed E-state index contributed by atoms with van der Waals surface area (Å²) in [6, 6.07) is 0.0622. The van der Waals surface area contributed by atoms with Crippen molar-refractivity contribution in [2.45, 2.75) is 83.9 Å². The molecule has 1 unspecified atom stereocenters. The van der Waals surface area contributed by atoms with Crippen LogP contribution in [0.1, 0.15) is 66.2 Å². The average Bonchev–Trinajstić information content (AvgIpc) is 2.81. The SMILES string of the molecule is CC(C(=O)N1CCCCCC1)N1CCC(NC(=O)OC(C)(C)C)CC1. The minimum atomic E-state index is -0.473. The van der Waals surface area contributed by atoms with E-state index in [9.17, 15) is 9.59 Å². The molecule has 25 heavy (non-hydrogen) atoms. The normalized spacial score (nSPS) is 22.2. The number of piperidine rings is 1. The van der Waals surface area contributed by atoms with Gasteiger partial charge in [0.2, 0.25) is 5.91 Å². The van der Waals surface area contributed by atoms with Crippen LogP contribution >= 0.6 is 0 Å². The lowest BCUT2D eigenvalue weighted by Crippen LogP contribution is -2.53. The number of nitrogens with zero attached hydrogens (tertiary/aromatic N) is 2. The van der Waals surface area contributed by atoms with Gasteiger partial charge in [0.1, 0.15) is 5.60 Å². The quantitative estimate of drug-likeness (QED) is 0.847. The largest absolute Gasteiger partial charge is 0.444 e. The third-order valence-electron chi connectivity index (χ3n) is 5.07. The molecule has 1 atom stereocenters. The van der Waals surface area contributed by atoms with E-state index >= 15 is 0 Å². The molecular formula is C19H35N3O3. The van der Waals surface area contributed by atoms with Gasteiger partial charge < -0.3 is 15.0 Å². The third-order valence-corrected chi connectivity index (χ3v) is 5.07. The second-order valence-electron chi connectivity index (χ2n) is 8.37. The molecule has 2 amide bonds. The molecule has 0 aromatic rings. The number of amides is 2. The first kappa shape index (κ1) is 20.0. The summed E-state index contributed by atoms with van der Waals surface area (Å²) in [4.78, 5) is 28.9. The highest BCUT2D eigenvalue weighted by Gasteiger charge is 2.30. The van der Waals surface area contributed by atoms with Crippen LogP contribution in [0, 0.1) is 0 Å². The van der Waals surface area contributed by atoms with E-state index in [1.54, 1.807) is 0 Å². The summed E-state index contributed by atoms with van der Waals surface area (Å²) in [6.45, 7) is 11.1. The molecule has 2 fully saturated rings. The molecule has 2 aliphatic rings. The Kier molecular flexibility index (Phi) is 7.11. The smallest absolute Gasteiger partial charge is 0.407 e. The fourth-order valence-corrected chi connectivity index (χ4v) is 3.62. The molecule has 2 saturated heterocycles. The highest BCUT2D eigenvalue weighted by Crippen LogP contribution is 2.17. The zero-order chi connectivity index (χ0) is 18.4. The lowest BCUT2D eigenvalue weighted by atomic mass is 10.0. The molecule has 0 radical (unpaired) electrons. The summed E-state index contributed by atoms with van der Waals surface area (Å²) in [5, 5.41) is 2.95. The molecular weight excluding hydrogens is 318 g/mol. The van der Waals surface area contributed by atoms with E-state index < -0.39 is 5.60 Å². The van der Waals surface area contributed by atoms with Crippen LogP contribution in [-0.2, 0) is 9.53 Å². The second kappa shape index (κ2) is 8.88. The van der Waals surface area contributed by atoms with Gasteiger partial charge in [-0.05, 0) is 53.4 Å². The number of rotatable bonds is 3. The van der Waals surface area contributed by atoms with E-state index in [1.807, 2.05) is 32.6 Å². The maximum Gasteiger partial charge on any atom is 0.407 e. The maximum atomic E-state index is 12.8. The molecule has 0 aliphatic carbocycles. The number of alkyl carbamates (subject to hydrolysis) is 1. The van der Waals surface area contributed by atoms with Gasteiger partial charge in [-0.1, -0.05) is 12.8 Å². The minimum Gasteiger partial charge on any atom is -0.444 e. The predicted octanol–water partition coefficient (Wildman–Crippen LogP) is 2.77. The number of nitrogens with one attached hydrogen (secondary N) is 1. The van der Waals surface area contributed by atoms with Gasteiger partial charge in [0, 0.05) is 32.2 Å². The van der Waals surface area contributed by atoms with Gasteiger partial charge in [0.15, 0.2) is 0 Å². The summed E-state index contributed by atoms with van der Waals surface area (Å²) in [6.07, 6.45) is 6.09. The summed E-state index contributed by atoms with van der Waals surface area (Å²) in [7, 11) is 0. The first-order valence-corrected chi connectivity index (χ1v) is 9.78. The summed E-state index contributed by atoms with van der Waals surface area (Å²) in [5.41, 5.74) is -0.473. The number of ether oxygens (including phenoxy) is 1. The number of hydrogen-bond donors (Lipinski definition) is 1. The lowest BCUT2D eigenvalue weighted by molar-refractivity contribution is -0.136. The lowest BCUT2D eigenvalue weighted by Gasteiger charge is -2.37. The Balaban J connectivity index is 1.76. The number of likely N-dealkylation sites (tertiary alicyclic amines) is 2. The topological polar surface area (TPSA) is 61.9 Å². The number of carbonyl (C=O) groups excluding carboxylic acids is 2. The first-order valence-electron chi connectivity index (χ1n) is 9.78. The van der Waals surface area contributed by atoms with Gasteiger partial charge in [-0.2, -0.15) is 0 Å². The van der Waals surface area contributed by atoms with E-state index in [0.29, 0.717) is 0 Å². The van der Waals surface area contributed by atoms with Crippen molar-refractivity contribution in [2.75, 3.05) is 26.2 Å². The van der Waals surface area contributed by atoms with E-state index in [1.165, 1.54) is 12.8 Å². The Morgan fingerprint density at radius 2 is 1.56 bits per heavy atom. The highest BCUT2D eigenvalue weighted by atomic mass is 16.6. The average molecular weight is 354 g/mol. The van der Waals surface area contributed by atoms with Crippen molar-refractivity contribution in [3.8, 4) is 0 Å². The van der Waals surface area contributed by atoms with Crippen molar-refractivity contribution in [1.29, 1.82) is 0 Å². The van der Waals surface area contributed by atoms with Crippen molar-refractivity contribution >= 4 is 12.0 Å². The zero-order valence-electron chi connectivity index (χ0n) is 16.3. The third kappa shape index (κ3) is 6.49. The molecule has 144 valence electrons. The number of hydrogen-bond acceptors (Lipinski definition) is 4. The zero-order valence-corrected chi connectivity index (χ0v) is 16.3. The van der Waals surface area contributed by atoms with Gasteiger partial charge in [-0.25, -0.2) is 4.79 Å². The van der Waals surface area contributed by atoms with Gasteiger partial charge in [0.25, 0.3) is 0 Å². The molecule has 0 saturated carbocycles. The number of carbonyl (C=O) groups is 2. The molecule has 0 aromatic heterocycles. The van der Waals surface area contributed by atoms with Gasteiger partial charge in [-0.15, -0.1) is 0 Å². The van der Waals surface area contributed by atoms with Crippen molar-refractivity contribution in [2.24, 2.45) is 0 Å². The van der Waals surface area contributed by atoms with E-state index in [-0.39, 0.29) is 24.1 Å². The van der Waals surface area contributed by atoms with Crippen molar-refractivity contribution in [3.05, 3.63) is 0 Å². The molecule has 2 heterocycles. The molecule has 1 N–H and O–H groups in total. The van der Waals surface area contributed by atoms with Crippen LogP contribution in [0.2, 0.25) is 0 Å². The second-order valence-corrected chi connectivity index (χ2v) is 8.37. The van der Waals surface area contributed by atoms with E-state index in [2.05, 4.69) is 10.2 Å². The van der Waals surface area contributed by atoms with E-state index in [4.69, 9.17) is 4.74 Å². The summed E-state index contributed by atoms with van der Waals surface area (Å²) < 4.78 is 5.32. The van der Waals surface area contributed by atoms with Crippen molar-refractivity contribution < 1.29 is 14.3 Å². The van der Waals surface area contributed by atoms with Gasteiger partial charge >= 0.3 is 6.09 Å². The van der Waals surface area contributed by atoms with Gasteiger partial charge in [0.05, 0.1) is 6.04 Å². The first-order chi connectivity index (χ1) is 11.8. The van der Waals surface area contributed by atoms with Crippen LogP contribution < -0.4 is 5.32 Å². The minimum absolute atomic E-state index is 0.0689. The Labute approximate surface area is 152 Å². The fourth-order valence-electron chi connectivity index (χ4n) is 3.62. The van der Waals surface area contributed by atoms with Crippen molar-refractivity contribution in [3.63, 3.8) is 0 Å². The van der Waals surface area contributed by atoms with Crippen LogP contribution in [-0.4, -0.2) is 65.7 Å². The molecule has 6 heteroatoms. The molecule has 0 spiro atoms. The fraction of sp³-hybridized carbons (Fsp3) is 0.895. The van der Waals surface area contributed by atoms with E-state index in [0.717, 1.165) is 51.9 Å². The summed E-state index contributed by atoms with van der Waals surface area (Å²) >= 11 is 0. The highest BCUT2D eigenvalue weighted by molar-refractivity contribution is 5.81. The molecule has 0 bridgehead atoms. The Bertz CT molecular complexity index is 445. The van der Waals surface area contributed by atoms with Crippen LogP contribution in [0.4, 0.5) is 4.79 Å². The van der Waals surface area contributed by atoms with Crippen LogP contribution in [0.25, 0.3) is 0 Å². The Morgan fingerprint density at radius 3 is 2.08 bits per heavy atom. The van der Waals surface area contributed by atoms with Crippen LogP contribution in [0.15, 0.2) is 0 Å². The predicted molar refractivity (Wildman–Crippen MR) is 98.5 cm³/mol. The maximum absolute atomic E-state index is 12.8.